The van der Waals surface area contributed by atoms with Gasteiger partial charge in [0.2, 0.25) is 0 Å². The van der Waals surface area contributed by atoms with Crippen LogP contribution in [0.25, 0.3) is 0 Å². The molecule has 0 aromatic heterocycles. The van der Waals surface area contributed by atoms with Crippen LogP contribution in [0.1, 0.15) is 20.8 Å². The molecule has 0 aromatic rings. The number of aliphatic carboxylic acids is 1. The Hall–Kier alpha value is -0.620. The maximum absolute atomic E-state index is 10.4. The molecule has 2 atom stereocenters. The lowest BCUT2D eigenvalue weighted by molar-refractivity contribution is -0.136. The molecule has 0 rings (SSSR count). The Kier molecular flexibility index (Phi) is 4.80. The molecule has 0 aliphatic rings. The molecule has 0 fully saturated rings. The standard InChI is InChI=1S/C8H12O2S/c1-4-5-6(2)11-7(3)8(9)10/h6-7H,1-3H3,(H,9,10). The summed E-state index contributed by atoms with van der Waals surface area (Å²) in [6.45, 7) is 5.32. The second-order valence-corrected chi connectivity index (χ2v) is 3.84. The number of rotatable bonds is 3. The van der Waals surface area contributed by atoms with Gasteiger partial charge in [-0.15, -0.1) is 17.7 Å². The highest BCUT2D eigenvalue weighted by Gasteiger charge is 2.13. The van der Waals surface area contributed by atoms with E-state index in [0.29, 0.717) is 0 Å². The van der Waals surface area contributed by atoms with E-state index in [1.807, 2.05) is 6.92 Å². The fraction of sp³-hybridized carbons (Fsp3) is 0.625. The van der Waals surface area contributed by atoms with Crippen LogP contribution in [-0.4, -0.2) is 21.6 Å². The van der Waals surface area contributed by atoms with Crippen LogP contribution in [0.4, 0.5) is 0 Å². The van der Waals surface area contributed by atoms with Crippen molar-refractivity contribution in [3.05, 3.63) is 0 Å². The highest BCUT2D eigenvalue weighted by atomic mass is 32.2. The topological polar surface area (TPSA) is 37.3 Å². The monoisotopic (exact) mass is 172 g/mol. The van der Waals surface area contributed by atoms with Gasteiger partial charge in [-0.3, -0.25) is 4.79 Å². The minimum absolute atomic E-state index is 0.103. The molecule has 0 aliphatic heterocycles. The SMILES string of the molecule is CC#CC(C)SC(C)C(=O)O. The second-order valence-electron chi connectivity index (χ2n) is 2.15. The maximum Gasteiger partial charge on any atom is 0.316 e. The van der Waals surface area contributed by atoms with Crippen molar-refractivity contribution in [3.63, 3.8) is 0 Å². The lowest BCUT2D eigenvalue weighted by Gasteiger charge is -2.07. The van der Waals surface area contributed by atoms with Crippen LogP contribution in [0.15, 0.2) is 0 Å². The van der Waals surface area contributed by atoms with Gasteiger partial charge in [0, 0.05) is 0 Å². The zero-order chi connectivity index (χ0) is 8.85. The number of hydrogen-bond donors (Lipinski definition) is 1. The molecule has 0 saturated carbocycles. The molecular formula is C8H12O2S. The Balaban J connectivity index is 3.81. The summed E-state index contributed by atoms with van der Waals surface area (Å²) in [6.07, 6.45) is 0. The molecule has 0 radical (unpaired) electrons. The highest BCUT2D eigenvalue weighted by molar-refractivity contribution is 8.01. The van der Waals surface area contributed by atoms with E-state index in [1.54, 1.807) is 13.8 Å². The van der Waals surface area contributed by atoms with Crippen LogP contribution < -0.4 is 0 Å². The summed E-state index contributed by atoms with van der Waals surface area (Å²) in [5.41, 5.74) is 0. The molecule has 0 aliphatic carbocycles. The first-order chi connectivity index (χ1) is 5.07. The van der Waals surface area contributed by atoms with Crippen LogP contribution in [0, 0.1) is 11.8 Å². The number of carbonyl (C=O) groups is 1. The average Bonchev–Trinajstić information content (AvgIpc) is 1.87. The Morgan fingerprint density at radius 1 is 1.55 bits per heavy atom. The van der Waals surface area contributed by atoms with Crippen molar-refractivity contribution in [1.29, 1.82) is 0 Å². The molecule has 11 heavy (non-hydrogen) atoms. The van der Waals surface area contributed by atoms with Crippen molar-refractivity contribution < 1.29 is 9.90 Å². The van der Waals surface area contributed by atoms with Crippen molar-refractivity contribution in [2.45, 2.75) is 31.3 Å². The van der Waals surface area contributed by atoms with Crippen molar-refractivity contribution in [2.24, 2.45) is 0 Å². The lowest BCUT2D eigenvalue weighted by Crippen LogP contribution is -2.14. The number of carboxylic acids is 1. The van der Waals surface area contributed by atoms with Gasteiger partial charge in [-0.05, 0) is 20.8 Å². The Bertz CT molecular complexity index is 190. The van der Waals surface area contributed by atoms with Gasteiger partial charge in [0.15, 0.2) is 0 Å². The van der Waals surface area contributed by atoms with Crippen molar-refractivity contribution >= 4 is 17.7 Å². The fourth-order valence-corrected chi connectivity index (χ4v) is 1.52. The molecule has 2 unspecified atom stereocenters. The third kappa shape index (κ3) is 4.74. The van der Waals surface area contributed by atoms with E-state index in [1.165, 1.54) is 11.8 Å². The zero-order valence-electron chi connectivity index (χ0n) is 6.92. The van der Waals surface area contributed by atoms with E-state index in [0.717, 1.165) is 0 Å². The first kappa shape index (κ1) is 10.4. The molecule has 1 N–H and O–H groups in total. The maximum atomic E-state index is 10.4. The Morgan fingerprint density at radius 2 is 2.09 bits per heavy atom. The van der Waals surface area contributed by atoms with E-state index in [4.69, 9.17) is 5.11 Å². The normalized spacial score (nSPS) is 14.5. The molecule has 2 nitrogen and oxygen atoms in total. The van der Waals surface area contributed by atoms with Gasteiger partial charge >= 0.3 is 5.97 Å². The summed E-state index contributed by atoms with van der Waals surface area (Å²) in [6, 6.07) is 0. The van der Waals surface area contributed by atoms with Crippen molar-refractivity contribution in [3.8, 4) is 11.8 Å². The van der Waals surface area contributed by atoms with Gasteiger partial charge in [-0.2, -0.15) is 0 Å². The molecule has 0 heterocycles. The average molecular weight is 172 g/mol. The molecular weight excluding hydrogens is 160 g/mol. The molecule has 0 spiro atoms. The van der Waals surface area contributed by atoms with Gasteiger partial charge in [0.25, 0.3) is 0 Å². The lowest BCUT2D eigenvalue weighted by atomic mass is 10.5. The molecule has 0 bridgehead atoms. The predicted molar refractivity (Wildman–Crippen MR) is 47.6 cm³/mol. The smallest absolute Gasteiger partial charge is 0.316 e. The first-order valence-electron chi connectivity index (χ1n) is 3.38. The summed E-state index contributed by atoms with van der Waals surface area (Å²) in [7, 11) is 0. The largest absolute Gasteiger partial charge is 0.480 e. The predicted octanol–water partition coefficient (Wildman–Crippen LogP) is 1.60. The summed E-state index contributed by atoms with van der Waals surface area (Å²) in [4.78, 5) is 10.4. The van der Waals surface area contributed by atoms with Crippen LogP contribution in [0.5, 0.6) is 0 Å². The van der Waals surface area contributed by atoms with Gasteiger partial charge in [0.05, 0.1) is 5.25 Å². The van der Waals surface area contributed by atoms with Gasteiger partial charge in [-0.25, -0.2) is 0 Å². The van der Waals surface area contributed by atoms with Crippen molar-refractivity contribution in [2.75, 3.05) is 0 Å². The van der Waals surface area contributed by atoms with Crippen LogP contribution >= 0.6 is 11.8 Å². The molecule has 0 amide bonds. The summed E-state index contributed by atoms with van der Waals surface area (Å²) >= 11 is 1.36. The third-order valence-electron chi connectivity index (χ3n) is 1.10. The Labute approximate surface area is 71.4 Å². The van der Waals surface area contributed by atoms with E-state index < -0.39 is 5.97 Å². The van der Waals surface area contributed by atoms with Gasteiger partial charge in [-0.1, -0.05) is 5.92 Å². The fourth-order valence-electron chi connectivity index (χ4n) is 0.602. The number of thioether (sulfide) groups is 1. The summed E-state index contributed by atoms with van der Waals surface area (Å²) in [5, 5.41) is 8.26. The summed E-state index contributed by atoms with van der Waals surface area (Å²) < 4.78 is 0. The number of carboxylic acid groups (broad SMARTS) is 1. The minimum Gasteiger partial charge on any atom is -0.480 e. The zero-order valence-corrected chi connectivity index (χ0v) is 7.73. The second kappa shape index (κ2) is 5.09. The van der Waals surface area contributed by atoms with E-state index in [-0.39, 0.29) is 10.5 Å². The summed E-state index contributed by atoms with van der Waals surface area (Å²) in [5.74, 6) is 4.85. The van der Waals surface area contributed by atoms with Crippen LogP contribution in [0.3, 0.4) is 0 Å². The van der Waals surface area contributed by atoms with Crippen molar-refractivity contribution in [1.82, 2.24) is 0 Å². The Morgan fingerprint density at radius 3 is 2.45 bits per heavy atom. The molecule has 0 saturated heterocycles. The van der Waals surface area contributed by atoms with E-state index in [9.17, 15) is 4.79 Å². The molecule has 3 heteroatoms. The number of hydrogen-bond acceptors (Lipinski definition) is 2. The minimum atomic E-state index is -0.778. The van der Waals surface area contributed by atoms with Gasteiger partial charge < -0.3 is 5.11 Å². The van der Waals surface area contributed by atoms with Gasteiger partial charge in [0.1, 0.15) is 5.25 Å². The third-order valence-corrected chi connectivity index (χ3v) is 2.24. The van der Waals surface area contributed by atoms with Crippen LogP contribution in [0.2, 0.25) is 0 Å². The van der Waals surface area contributed by atoms with Crippen LogP contribution in [-0.2, 0) is 4.79 Å². The first-order valence-corrected chi connectivity index (χ1v) is 4.32. The molecule has 62 valence electrons. The highest BCUT2D eigenvalue weighted by Crippen LogP contribution is 2.16. The molecule has 0 aromatic carbocycles. The van der Waals surface area contributed by atoms with E-state index >= 15 is 0 Å². The quantitative estimate of drug-likeness (QED) is 0.657. The van der Waals surface area contributed by atoms with E-state index in [2.05, 4.69) is 11.8 Å².